The monoisotopic (exact) mass is 438 g/mol. The number of hydrogen-bond acceptors (Lipinski definition) is 5. The largest absolute Gasteiger partial charge is 0.293 e. The minimum absolute atomic E-state index is 0.125. The predicted molar refractivity (Wildman–Crippen MR) is 126 cm³/mol. The number of Topliss-reactive ketones (excluding diaryl/α,β-unsaturated/α-hetero) is 1. The highest BCUT2D eigenvalue weighted by molar-refractivity contribution is 8.00. The fourth-order valence-corrected chi connectivity index (χ4v) is 5.78. The van der Waals surface area contributed by atoms with Crippen molar-refractivity contribution in [2.24, 2.45) is 0 Å². The molecule has 5 heteroatoms. The van der Waals surface area contributed by atoms with E-state index in [1.54, 1.807) is 11.3 Å². The Morgan fingerprint density at radius 2 is 1.81 bits per heavy atom. The summed E-state index contributed by atoms with van der Waals surface area (Å²) in [6.45, 7) is 0. The standard InChI is InChI=1S/C26H18N2OS2/c27-16-21-20(17-7-2-1-3-8-17)15-22(23-11-6-14-30-23)28-26(21)31-24-13-12-18-9-4-5-10-19(18)25(24)29/h1-11,14-15,24H,12-13H2. The molecule has 1 unspecified atom stereocenters. The van der Waals surface area contributed by atoms with Crippen molar-refractivity contribution < 1.29 is 4.79 Å². The van der Waals surface area contributed by atoms with Gasteiger partial charge >= 0.3 is 0 Å². The van der Waals surface area contributed by atoms with Crippen LogP contribution in [0.15, 0.2) is 83.2 Å². The number of carbonyl (C=O) groups is 1. The molecule has 0 bridgehead atoms. The number of aromatic nitrogens is 1. The van der Waals surface area contributed by atoms with Crippen molar-refractivity contribution in [3.8, 4) is 27.8 Å². The minimum atomic E-state index is -0.239. The van der Waals surface area contributed by atoms with Crippen LogP contribution in [-0.4, -0.2) is 16.0 Å². The second kappa shape index (κ2) is 8.50. The van der Waals surface area contributed by atoms with E-state index in [0.717, 1.165) is 45.7 Å². The average molecular weight is 439 g/mol. The van der Waals surface area contributed by atoms with Crippen molar-refractivity contribution in [3.05, 3.63) is 94.9 Å². The zero-order valence-corrected chi connectivity index (χ0v) is 18.2. The Hall–Kier alpha value is -3.20. The number of nitriles is 1. The van der Waals surface area contributed by atoms with E-state index in [-0.39, 0.29) is 11.0 Å². The number of hydrogen-bond donors (Lipinski definition) is 0. The van der Waals surface area contributed by atoms with E-state index in [9.17, 15) is 10.1 Å². The number of fused-ring (bicyclic) bond motifs is 1. The summed E-state index contributed by atoms with van der Waals surface area (Å²) in [7, 11) is 0. The van der Waals surface area contributed by atoms with Gasteiger partial charge < -0.3 is 0 Å². The first-order valence-corrected chi connectivity index (χ1v) is 11.8. The Kier molecular flexibility index (Phi) is 5.42. The molecule has 2 aromatic carbocycles. The van der Waals surface area contributed by atoms with Crippen LogP contribution < -0.4 is 0 Å². The van der Waals surface area contributed by atoms with Gasteiger partial charge in [-0.1, -0.05) is 72.4 Å². The maximum absolute atomic E-state index is 13.2. The number of ketones is 1. The third-order valence-corrected chi connectivity index (χ3v) is 7.61. The number of nitrogens with zero attached hydrogens (tertiary/aromatic N) is 2. The highest BCUT2D eigenvalue weighted by Gasteiger charge is 2.30. The number of carbonyl (C=O) groups excluding carboxylic acids is 1. The molecule has 0 fully saturated rings. The smallest absolute Gasteiger partial charge is 0.176 e. The minimum Gasteiger partial charge on any atom is -0.293 e. The molecule has 2 aromatic heterocycles. The van der Waals surface area contributed by atoms with Crippen LogP contribution in [0.3, 0.4) is 0 Å². The fraction of sp³-hybridized carbons (Fsp3) is 0.115. The molecule has 3 nitrogen and oxygen atoms in total. The van der Waals surface area contributed by atoms with Gasteiger partial charge in [0.05, 0.1) is 21.4 Å². The molecule has 0 radical (unpaired) electrons. The van der Waals surface area contributed by atoms with Gasteiger partial charge in [-0.2, -0.15) is 5.26 Å². The van der Waals surface area contributed by atoms with Gasteiger partial charge in [-0.3, -0.25) is 4.79 Å². The van der Waals surface area contributed by atoms with E-state index < -0.39 is 0 Å². The second-order valence-electron chi connectivity index (χ2n) is 7.36. The Bertz CT molecular complexity index is 1290. The summed E-state index contributed by atoms with van der Waals surface area (Å²) >= 11 is 3.05. The molecule has 0 saturated heterocycles. The van der Waals surface area contributed by atoms with Gasteiger partial charge in [0.25, 0.3) is 0 Å². The van der Waals surface area contributed by atoms with Crippen LogP contribution in [0, 0.1) is 11.3 Å². The highest BCUT2D eigenvalue weighted by Crippen LogP contribution is 2.39. The molecule has 0 N–H and O–H groups in total. The fourth-order valence-electron chi connectivity index (χ4n) is 3.93. The van der Waals surface area contributed by atoms with E-state index in [1.807, 2.05) is 78.2 Å². The molecule has 0 aliphatic heterocycles. The lowest BCUT2D eigenvalue weighted by atomic mass is 9.90. The highest BCUT2D eigenvalue weighted by atomic mass is 32.2. The van der Waals surface area contributed by atoms with Gasteiger partial charge in [-0.05, 0) is 41.5 Å². The number of thiophene rings is 1. The summed E-state index contributed by atoms with van der Waals surface area (Å²) in [4.78, 5) is 19.1. The van der Waals surface area contributed by atoms with E-state index in [2.05, 4.69) is 6.07 Å². The van der Waals surface area contributed by atoms with Crippen molar-refractivity contribution >= 4 is 28.9 Å². The first-order chi connectivity index (χ1) is 15.2. The first kappa shape index (κ1) is 19.7. The summed E-state index contributed by atoms with van der Waals surface area (Å²) in [5, 5.41) is 12.5. The molecule has 4 aromatic rings. The van der Waals surface area contributed by atoms with Gasteiger partial charge in [-0.15, -0.1) is 11.3 Å². The van der Waals surface area contributed by atoms with E-state index in [4.69, 9.17) is 4.98 Å². The van der Waals surface area contributed by atoms with E-state index in [1.165, 1.54) is 11.8 Å². The van der Waals surface area contributed by atoms with Gasteiger partial charge in [0.1, 0.15) is 11.1 Å². The van der Waals surface area contributed by atoms with Crippen LogP contribution in [0.1, 0.15) is 27.9 Å². The van der Waals surface area contributed by atoms with E-state index >= 15 is 0 Å². The molecule has 150 valence electrons. The lowest BCUT2D eigenvalue weighted by Crippen LogP contribution is -2.25. The summed E-state index contributed by atoms with van der Waals surface area (Å²) in [5.74, 6) is 0.125. The zero-order valence-electron chi connectivity index (χ0n) is 16.6. The molecule has 1 atom stereocenters. The Labute approximate surface area is 189 Å². The second-order valence-corrected chi connectivity index (χ2v) is 9.50. The molecule has 0 spiro atoms. The van der Waals surface area contributed by atoms with Crippen LogP contribution >= 0.6 is 23.1 Å². The maximum Gasteiger partial charge on any atom is 0.176 e. The lowest BCUT2D eigenvalue weighted by Gasteiger charge is -2.23. The van der Waals surface area contributed by atoms with Gasteiger partial charge in [0.15, 0.2) is 5.78 Å². The molecule has 2 heterocycles. The van der Waals surface area contributed by atoms with E-state index in [0.29, 0.717) is 10.6 Å². The Balaban J connectivity index is 1.60. The van der Waals surface area contributed by atoms with Gasteiger partial charge in [0, 0.05) is 11.1 Å². The summed E-state index contributed by atoms with van der Waals surface area (Å²) < 4.78 is 0. The van der Waals surface area contributed by atoms with Crippen LogP contribution in [0.25, 0.3) is 21.7 Å². The molecule has 1 aliphatic rings. The number of rotatable bonds is 4. The van der Waals surface area contributed by atoms with Crippen LogP contribution in [0.5, 0.6) is 0 Å². The molecule has 0 saturated carbocycles. The Morgan fingerprint density at radius 3 is 2.58 bits per heavy atom. The number of aryl methyl sites for hydroxylation is 1. The van der Waals surface area contributed by atoms with Crippen molar-refractivity contribution in [1.29, 1.82) is 5.26 Å². The van der Waals surface area contributed by atoms with Crippen LogP contribution in [-0.2, 0) is 6.42 Å². The maximum atomic E-state index is 13.2. The van der Waals surface area contributed by atoms with Crippen molar-refractivity contribution in [2.45, 2.75) is 23.1 Å². The summed E-state index contributed by atoms with van der Waals surface area (Å²) in [5.41, 5.74) is 5.09. The van der Waals surface area contributed by atoms with Crippen LogP contribution in [0.4, 0.5) is 0 Å². The zero-order chi connectivity index (χ0) is 21.2. The molecule has 31 heavy (non-hydrogen) atoms. The van der Waals surface area contributed by atoms with Crippen molar-refractivity contribution in [2.75, 3.05) is 0 Å². The third kappa shape index (κ3) is 3.81. The topological polar surface area (TPSA) is 53.8 Å². The molecule has 0 amide bonds. The average Bonchev–Trinajstić information content (AvgIpc) is 3.36. The molecular weight excluding hydrogens is 420 g/mol. The van der Waals surface area contributed by atoms with Gasteiger partial charge in [0.2, 0.25) is 0 Å². The molecule has 1 aliphatic carbocycles. The molecule has 5 rings (SSSR count). The predicted octanol–water partition coefficient (Wildman–Crippen LogP) is 6.64. The van der Waals surface area contributed by atoms with Crippen LogP contribution in [0.2, 0.25) is 0 Å². The number of pyridine rings is 1. The first-order valence-electron chi connectivity index (χ1n) is 10.1. The number of benzene rings is 2. The Morgan fingerprint density at radius 1 is 1.00 bits per heavy atom. The third-order valence-electron chi connectivity index (χ3n) is 5.46. The van der Waals surface area contributed by atoms with Crippen molar-refractivity contribution in [1.82, 2.24) is 4.98 Å². The number of thioether (sulfide) groups is 1. The lowest BCUT2D eigenvalue weighted by molar-refractivity contribution is 0.0979. The molecular formula is C26H18N2OS2. The summed E-state index contributed by atoms with van der Waals surface area (Å²) in [6.07, 6.45) is 1.61. The van der Waals surface area contributed by atoms with Crippen molar-refractivity contribution in [3.63, 3.8) is 0 Å². The summed E-state index contributed by atoms with van der Waals surface area (Å²) in [6, 6.07) is 26.1. The quantitative estimate of drug-likeness (QED) is 0.358. The SMILES string of the molecule is N#Cc1c(-c2ccccc2)cc(-c2cccs2)nc1SC1CCc2ccccc2C1=O. The van der Waals surface area contributed by atoms with Gasteiger partial charge in [-0.25, -0.2) is 4.98 Å². The normalized spacial score (nSPS) is 15.3.